The lowest BCUT2D eigenvalue weighted by molar-refractivity contribution is 0.570. The zero-order chi connectivity index (χ0) is 15.8. The molecule has 112 valence electrons. The standard InChI is InChI=1S/C13H11BrClFN2O2S/c1-7-4-10(16)13(6-11(7)17)21(19,20)18-12-3-2-8(15)5-9(12)14/h2-6,18H,17H2,1H3. The molecule has 4 nitrogen and oxygen atoms in total. The van der Waals surface area contributed by atoms with Crippen molar-refractivity contribution in [3.63, 3.8) is 0 Å². The molecule has 21 heavy (non-hydrogen) atoms. The molecule has 3 N–H and O–H groups in total. The zero-order valence-corrected chi connectivity index (χ0v) is 14.0. The average molecular weight is 394 g/mol. The number of benzene rings is 2. The molecule has 0 saturated heterocycles. The topological polar surface area (TPSA) is 72.2 Å². The Morgan fingerprint density at radius 1 is 1.29 bits per heavy atom. The van der Waals surface area contributed by atoms with Crippen LogP contribution in [0.5, 0.6) is 0 Å². The maximum Gasteiger partial charge on any atom is 0.264 e. The van der Waals surface area contributed by atoms with Crippen LogP contribution in [0.2, 0.25) is 5.02 Å². The van der Waals surface area contributed by atoms with Gasteiger partial charge in [-0.05, 0) is 58.7 Å². The number of hydrogen-bond donors (Lipinski definition) is 2. The molecular formula is C13H11BrClFN2O2S. The van der Waals surface area contributed by atoms with E-state index in [1.807, 2.05) is 0 Å². The van der Waals surface area contributed by atoms with Crippen molar-refractivity contribution in [1.82, 2.24) is 0 Å². The van der Waals surface area contributed by atoms with Crippen LogP contribution < -0.4 is 10.5 Å². The molecule has 0 heterocycles. The summed E-state index contributed by atoms with van der Waals surface area (Å²) in [5, 5.41) is 0.440. The molecule has 8 heteroatoms. The van der Waals surface area contributed by atoms with Gasteiger partial charge in [0.05, 0.1) is 5.69 Å². The molecule has 2 aromatic carbocycles. The minimum Gasteiger partial charge on any atom is -0.398 e. The second kappa shape index (κ2) is 5.82. The quantitative estimate of drug-likeness (QED) is 0.776. The van der Waals surface area contributed by atoms with Gasteiger partial charge in [-0.1, -0.05) is 11.6 Å². The van der Waals surface area contributed by atoms with Crippen molar-refractivity contribution in [3.8, 4) is 0 Å². The van der Waals surface area contributed by atoms with Crippen LogP contribution in [-0.4, -0.2) is 8.42 Å². The van der Waals surface area contributed by atoms with Gasteiger partial charge in [-0.2, -0.15) is 0 Å². The van der Waals surface area contributed by atoms with Crippen LogP contribution in [0, 0.1) is 12.7 Å². The number of rotatable bonds is 3. The monoisotopic (exact) mass is 392 g/mol. The van der Waals surface area contributed by atoms with Crippen LogP contribution in [0.3, 0.4) is 0 Å². The minimum atomic E-state index is -4.10. The Bertz CT molecular complexity index is 812. The fourth-order valence-electron chi connectivity index (χ4n) is 1.65. The fourth-order valence-corrected chi connectivity index (χ4v) is 3.73. The van der Waals surface area contributed by atoms with Crippen molar-refractivity contribution < 1.29 is 12.8 Å². The van der Waals surface area contributed by atoms with Crippen LogP contribution in [0.15, 0.2) is 39.7 Å². The highest BCUT2D eigenvalue weighted by molar-refractivity contribution is 9.10. The number of nitrogens with two attached hydrogens (primary N) is 1. The maximum atomic E-state index is 13.9. The molecule has 0 spiro atoms. The second-order valence-electron chi connectivity index (χ2n) is 4.37. The average Bonchev–Trinajstić information content (AvgIpc) is 2.37. The van der Waals surface area contributed by atoms with Gasteiger partial charge < -0.3 is 5.73 Å². The molecule has 0 fully saturated rings. The third-order valence-corrected chi connectivity index (χ3v) is 5.06. The molecule has 0 amide bonds. The summed E-state index contributed by atoms with van der Waals surface area (Å²) < 4.78 is 41.1. The lowest BCUT2D eigenvalue weighted by atomic mass is 10.2. The first-order valence-corrected chi connectivity index (χ1v) is 8.39. The summed E-state index contributed by atoms with van der Waals surface area (Å²) in [6.45, 7) is 1.60. The SMILES string of the molecule is Cc1cc(F)c(S(=O)(=O)Nc2ccc(Cl)cc2Br)cc1N. The van der Waals surface area contributed by atoms with Gasteiger partial charge in [-0.3, -0.25) is 4.72 Å². The molecule has 0 bridgehead atoms. The summed E-state index contributed by atoms with van der Waals surface area (Å²) in [7, 11) is -4.10. The van der Waals surface area contributed by atoms with Crippen LogP contribution >= 0.6 is 27.5 Å². The Balaban J connectivity index is 2.46. The van der Waals surface area contributed by atoms with E-state index in [-0.39, 0.29) is 11.4 Å². The molecule has 0 unspecified atom stereocenters. The van der Waals surface area contributed by atoms with Gasteiger partial charge >= 0.3 is 0 Å². The van der Waals surface area contributed by atoms with Gasteiger partial charge in [0.1, 0.15) is 10.7 Å². The van der Waals surface area contributed by atoms with Crippen LogP contribution in [-0.2, 0) is 10.0 Å². The van der Waals surface area contributed by atoms with Crippen molar-refractivity contribution in [3.05, 3.63) is 51.2 Å². The van der Waals surface area contributed by atoms with Gasteiger partial charge in [0.25, 0.3) is 10.0 Å². The predicted octanol–water partition coefficient (Wildman–Crippen LogP) is 3.93. The van der Waals surface area contributed by atoms with Gasteiger partial charge in [0, 0.05) is 15.2 Å². The summed E-state index contributed by atoms with van der Waals surface area (Å²) in [5.41, 5.74) is 6.56. The summed E-state index contributed by atoms with van der Waals surface area (Å²) in [6.07, 6.45) is 0. The van der Waals surface area contributed by atoms with E-state index in [9.17, 15) is 12.8 Å². The molecule has 2 rings (SSSR count). The Morgan fingerprint density at radius 3 is 2.57 bits per heavy atom. The molecule has 0 saturated carbocycles. The smallest absolute Gasteiger partial charge is 0.264 e. The minimum absolute atomic E-state index is 0.201. The van der Waals surface area contributed by atoms with Crippen molar-refractivity contribution in [2.24, 2.45) is 0 Å². The molecular weight excluding hydrogens is 383 g/mol. The van der Waals surface area contributed by atoms with Gasteiger partial charge in [0.15, 0.2) is 0 Å². The van der Waals surface area contributed by atoms with E-state index in [2.05, 4.69) is 20.7 Å². The second-order valence-corrected chi connectivity index (χ2v) is 7.31. The first kappa shape index (κ1) is 16.1. The predicted molar refractivity (Wildman–Crippen MR) is 85.5 cm³/mol. The normalized spacial score (nSPS) is 11.4. The third kappa shape index (κ3) is 3.48. The van der Waals surface area contributed by atoms with Crippen molar-refractivity contribution in [1.29, 1.82) is 0 Å². The van der Waals surface area contributed by atoms with E-state index in [1.54, 1.807) is 6.92 Å². The van der Waals surface area contributed by atoms with Crippen molar-refractivity contribution >= 4 is 48.9 Å². The van der Waals surface area contributed by atoms with E-state index in [0.717, 1.165) is 12.1 Å². The van der Waals surface area contributed by atoms with Crippen molar-refractivity contribution in [2.45, 2.75) is 11.8 Å². The van der Waals surface area contributed by atoms with E-state index in [4.69, 9.17) is 17.3 Å². The molecule has 2 aromatic rings. The van der Waals surface area contributed by atoms with Crippen LogP contribution in [0.25, 0.3) is 0 Å². The number of sulfonamides is 1. The molecule has 0 radical (unpaired) electrons. The fraction of sp³-hybridized carbons (Fsp3) is 0.0769. The lowest BCUT2D eigenvalue weighted by Gasteiger charge is -2.12. The first-order chi connectivity index (χ1) is 9.70. The first-order valence-electron chi connectivity index (χ1n) is 5.74. The number of aryl methyl sites for hydroxylation is 1. The Labute approximate surface area is 135 Å². The summed E-state index contributed by atoms with van der Waals surface area (Å²) in [4.78, 5) is -0.507. The number of anilines is 2. The number of hydrogen-bond acceptors (Lipinski definition) is 3. The van der Waals surface area contributed by atoms with Crippen molar-refractivity contribution in [2.75, 3.05) is 10.5 Å². The summed E-state index contributed by atoms with van der Waals surface area (Å²) in [6, 6.07) is 6.69. The van der Waals surface area contributed by atoms with Gasteiger partial charge in [-0.25, -0.2) is 12.8 Å². The van der Waals surface area contributed by atoms with Crippen LogP contribution in [0.1, 0.15) is 5.56 Å². The molecule has 0 aliphatic rings. The lowest BCUT2D eigenvalue weighted by Crippen LogP contribution is -2.15. The number of halogens is 3. The summed E-state index contributed by atoms with van der Waals surface area (Å²) in [5.74, 6) is -0.862. The highest BCUT2D eigenvalue weighted by Crippen LogP contribution is 2.29. The molecule has 0 aliphatic carbocycles. The third-order valence-electron chi connectivity index (χ3n) is 2.79. The molecule has 0 aliphatic heterocycles. The zero-order valence-electron chi connectivity index (χ0n) is 10.8. The van der Waals surface area contributed by atoms with Gasteiger partial charge in [0.2, 0.25) is 0 Å². The Kier molecular flexibility index (Phi) is 4.46. The van der Waals surface area contributed by atoms with Gasteiger partial charge in [-0.15, -0.1) is 0 Å². The largest absolute Gasteiger partial charge is 0.398 e. The van der Waals surface area contributed by atoms with Crippen LogP contribution in [0.4, 0.5) is 15.8 Å². The Morgan fingerprint density at radius 2 is 1.95 bits per heavy atom. The molecule has 0 aromatic heterocycles. The number of nitrogen functional groups attached to an aromatic ring is 1. The highest BCUT2D eigenvalue weighted by Gasteiger charge is 2.21. The van der Waals surface area contributed by atoms with E-state index < -0.39 is 20.7 Å². The molecule has 0 atom stereocenters. The van der Waals surface area contributed by atoms with E-state index >= 15 is 0 Å². The van der Waals surface area contributed by atoms with E-state index in [0.29, 0.717) is 15.1 Å². The Hall–Kier alpha value is -1.31. The summed E-state index contributed by atoms with van der Waals surface area (Å²) >= 11 is 8.97. The van der Waals surface area contributed by atoms with E-state index in [1.165, 1.54) is 18.2 Å². The highest BCUT2D eigenvalue weighted by atomic mass is 79.9. The number of nitrogens with one attached hydrogen (secondary N) is 1. The maximum absolute atomic E-state index is 13.9.